The Labute approximate surface area is 317 Å². The molecule has 3 saturated carbocycles. The summed E-state index contributed by atoms with van der Waals surface area (Å²) < 4.78 is 39.8. The van der Waals surface area contributed by atoms with Crippen LogP contribution in [0.1, 0.15) is 83.6 Å². The highest BCUT2D eigenvalue weighted by molar-refractivity contribution is 7.91. The van der Waals surface area contributed by atoms with Crippen LogP contribution in [-0.2, 0) is 24.4 Å². The summed E-state index contributed by atoms with van der Waals surface area (Å²) in [6, 6.07) is 3.88. The van der Waals surface area contributed by atoms with Crippen molar-refractivity contribution in [1.29, 1.82) is 0 Å². The molecule has 4 aliphatic rings. The Morgan fingerprint density at radius 2 is 1.93 bits per heavy atom. The molecule has 0 unspecified atom stereocenters. The first-order valence-electron chi connectivity index (χ1n) is 18.9. The molecule has 0 bridgehead atoms. The van der Waals surface area contributed by atoms with Gasteiger partial charge in [0.25, 0.3) is 5.91 Å². The van der Waals surface area contributed by atoms with E-state index in [4.69, 9.17) is 15.3 Å². The third kappa shape index (κ3) is 8.43. The summed E-state index contributed by atoms with van der Waals surface area (Å²) in [5.41, 5.74) is 1.72. The van der Waals surface area contributed by atoms with Crippen molar-refractivity contribution >= 4 is 44.6 Å². The van der Waals surface area contributed by atoms with Gasteiger partial charge in [-0.15, -0.1) is 6.58 Å². The van der Waals surface area contributed by atoms with Crippen LogP contribution >= 0.6 is 0 Å². The first kappa shape index (κ1) is 39.6. The van der Waals surface area contributed by atoms with E-state index >= 15 is 0 Å². The standard InChI is InChI=1S/C39H54N6O8S/c1-5-27-21-39(27,37(49)44-54(50,51)29-13-14-29)42-34(47)31-20-28(22-45(31)36(48)33(43-40)24-10-7-6-8-11-24)53-35-30-18-26(12-9-16-38(2,3)23-46)32(52-4)19-25(30)15-17-41-35/h5,9,12,15,17-19,24,27-29,31,33,43,46H,1,6-8,10-11,13-14,16,20-23,40H2,2-4H3,(H,42,47)(H,44,49)/b12-9+/t27-,28-,31+,33+,39-/m1/s1. The third-order valence-corrected chi connectivity index (χ3v) is 13.2. The van der Waals surface area contributed by atoms with Crippen LogP contribution in [0.4, 0.5) is 0 Å². The molecule has 3 aliphatic carbocycles. The van der Waals surface area contributed by atoms with Gasteiger partial charge in [-0.25, -0.2) is 18.8 Å². The predicted molar refractivity (Wildman–Crippen MR) is 204 cm³/mol. The van der Waals surface area contributed by atoms with Gasteiger partial charge in [0.2, 0.25) is 27.7 Å². The number of sulfonamides is 1. The zero-order valence-corrected chi connectivity index (χ0v) is 32.2. The number of pyridine rings is 1. The van der Waals surface area contributed by atoms with Gasteiger partial charge in [0.15, 0.2) is 0 Å². The summed E-state index contributed by atoms with van der Waals surface area (Å²) in [6.07, 6.45) is 13.0. The average Bonchev–Trinajstić information content (AvgIpc) is 4.09. The number of benzene rings is 1. The smallest absolute Gasteiger partial charge is 0.259 e. The highest BCUT2D eigenvalue weighted by Crippen LogP contribution is 2.46. The fourth-order valence-electron chi connectivity index (χ4n) is 7.77. The molecular weight excluding hydrogens is 713 g/mol. The van der Waals surface area contributed by atoms with Gasteiger partial charge >= 0.3 is 0 Å². The number of aliphatic hydroxyl groups excluding tert-OH is 1. The number of hydrogen-bond acceptors (Lipinski definition) is 11. The molecule has 54 heavy (non-hydrogen) atoms. The lowest BCUT2D eigenvalue weighted by atomic mass is 9.83. The summed E-state index contributed by atoms with van der Waals surface area (Å²) in [7, 11) is -2.27. The molecule has 3 amide bonds. The Kier molecular flexibility index (Phi) is 11.7. The number of rotatable bonds is 16. The Hall–Kier alpha value is -4.05. The minimum Gasteiger partial charge on any atom is -0.496 e. The van der Waals surface area contributed by atoms with Crippen LogP contribution in [0, 0.1) is 17.3 Å². The van der Waals surface area contributed by atoms with Crippen molar-refractivity contribution < 1.29 is 37.4 Å². The molecule has 15 heteroatoms. The number of aromatic nitrogens is 1. The van der Waals surface area contributed by atoms with Crippen LogP contribution in [0.25, 0.3) is 16.8 Å². The maximum Gasteiger partial charge on any atom is 0.259 e. The van der Waals surface area contributed by atoms with Crippen LogP contribution in [0.2, 0.25) is 0 Å². The molecule has 5 atom stereocenters. The van der Waals surface area contributed by atoms with E-state index < -0.39 is 56.7 Å². The molecule has 1 aromatic heterocycles. The number of fused-ring (bicyclic) bond motifs is 1. The van der Waals surface area contributed by atoms with Crippen molar-refractivity contribution in [2.24, 2.45) is 23.1 Å². The van der Waals surface area contributed by atoms with Crippen LogP contribution in [0.15, 0.2) is 43.1 Å². The van der Waals surface area contributed by atoms with Crippen molar-refractivity contribution in [3.8, 4) is 11.6 Å². The molecule has 294 valence electrons. The van der Waals surface area contributed by atoms with E-state index in [-0.39, 0.29) is 43.2 Å². The van der Waals surface area contributed by atoms with E-state index in [2.05, 4.69) is 27.0 Å². The number of hydrogen-bond donors (Lipinski definition) is 5. The Bertz CT molecular complexity index is 1890. The third-order valence-electron chi connectivity index (χ3n) is 11.4. The van der Waals surface area contributed by atoms with Crippen molar-refractivity contribution in [3.63, 3.8) is 0 Å². The molecule has 2 aromatic rings. The molecule has 1 aromatic carbocycles. The number of nitrogens with one attached hydrogen (secondary N) is 3. The molecule has 14 nitrogen and oxygen atoms in total. The zero-order chi connectivity index (χ0) is 38.8. The number of nitrogens with zero attached hydrogens (tertiary/aromatic N) is 2. The Morgan fingerprint density at radius 1 is 1.19 bits per heavy atom. The summed E-state index contributed by atoms with van der Waals surface area (Å²) in [5, 5.41) is 13.4. The molecule has 0 radical (unpaired) electrons. The number of methoxy groups -OCH3 is 1. The predicted octanol–water partition coefficient (Wildman–Crippen LogP) is 3.10. The number of nitrogens with two attached hydrogens (primary N) is 1. The molecule has 6 rings (SSSR count). The summed E-state index contributed by atoms with van der Waals surface area (Å²) in [5.74, 6) is 4.74. The lowest BCUT2D eigenvalue weighted by Crippen LogP contribution is -2.59. The van der Waals surface area contributed by atoms with E-state index in [1.165, 1.54) is 11.0 Å². The van der Waals surface area contributed by atoms with Crippen molar-refractivity contribution in [3.05, 3.63) is 48.7 Å². The highest BCUT2D eigenvalue weighted by Gasteiger charge is 2.62. The lowest BCUT2D eigenvalue weighted by molar-refractivity contribution is -0.142. The molecular formula is C39H54N6O8S. The van der Waals surface area contributed by atoms with Gasteiger partial charge in [-0.1, -0.05) is 51.3 Å². The van der Waals surface area contributed by atoms with Crippen LogP contribution in [0.5, 0.6) is 11.6 Å². The minimum absolute atomic E-state index is 0.0117. The molecule has 1 aliphatic heterocycles. The van der Waals surface area contributed by atoms with Crippen molar-refractivity contribution in [2.75, 3.05) is 20.3 Å². The maximum atomic E-state index is 14.3. The van der Waals surface area contributed by atoms with E-state index in [1.807, 2.05) is 44.2 Å². The van der Waals surface area contributed by atoms with E-state index in [9.17, 15) is 27.9 Å². The average molecular weight is 767 g/mol. The number of hydrazine groups is 1. The van der Waals surface area contributed by atoms with Crippen molar-refractivity contribution in [1.82, 2.24) is 25.3 Å². The number of carbonyl (C=O) groups is 3. The zero-order valence-electron chi connectivity index (χ0n) is 31.4. The number of allylic oxidation sites excluding steroid dienone is 1. The van der Waals surface area contributed by atoms with Gasteiger partial charge in [-0.2, -0.15) is 0 Å². The van der Waals surface area contributed by atoms with Gasteiger partial charge in [-0.05, 0) is 73.4 Å². The molecule has 2 heterocycles. The SMILES string of the molecule is C=C[C@@H]1C[C@]1(NC(=O)[C@@H]1C[C@@H](Oc2nccc3cc(OC)c(/C=C/CC(C)(C)CO)cc23)CN1C(=O)[C@@H](NN)C1CCCCC1)C(=O)NS(=O)(=O)C1CC1. The van der Waals surface area contributed by atoms with Gasteiger partial charge in [0.1, 0.15) is 29.5 Å². The maximum absolute atomic E-state index is 14.3. The minimum atomic E-state index is -3.87. The van der Waals surface area contributed by atoms with Crippen LogP contribution in [0.3, 0.4) is 0 Å². The lowest BCUT2D eigenvalue weighted by Gasteiger charge is -2.34. The molecule has 1 saturated heterocycles. The quantitative estimate of drug-likeness (QED) is 0.0955. The van der Waals surface area contributed by atoms with Gasteiger partial charge in [0.05, 0.1) is 18.9 Å². The molecule has 6 N–H and O–H groups in total. The first-order valence-corrected chi connectivity index (χ1v) is 20.5. The number of aliphatic hydroxyl groups is 1. The number of carbonyl (C=O) groups excluding carboxylic acids is 3. The largest absolute Gasteiger partial charge is 0.496 e. The number of ether oxygens (including phenoxy) is 2. The normalized spacial score (nSPS) is 25.4. The second-order valence-corrected chi connectivity index (χ2v) is 18.0. The summed E-state index contributed by atoms with van der Waals surface area (Å²) >= 11 is 0. The monoisotopic (exact) mass is 766 g/mol. The number of likely N-dealkylation sites (tertiary alicyclic amines) is 1. The van der Waals surface area contributed by atoms with E-state index in [1.54, 1.807) is 13.3 Å². The number of amides is 3. The fourth-order valence-corrected chi connectivity index (χ4v) is 9.13. The van der Waals surface area contributed by atoms with Gasteiger partial charge in [-0.3, -0.25) is 24.9 Å². The highest BCUT2D eigenvalue weighted by atomic mass is 32.2. The Balaban J connectivity index is 1.28. The van der Waals surface area contributed by atoms with Gasteiger partial charge < -0.3 is 24.8 Å². The second-order valence-electron chi connectivity index (χ2n) is 16.1. The fraction of sp³-hybridized carbons (Fsp3) is 0.590. The van der Waals surface area contributed by atoms with Crippen LogP contribution in [-0.4, -0.2) is 90.4 Å². The van der Waals surface area contributed by atoms with E-state index in [0.717, 1.165) is 43.1 Å². The first-order chi connectivity index (χ1) is 25.8. The van der Waals surface area contributed by atoms with E-state index in [0.29, 0.717) is 36.3 Å². The Morgan fingerprint density at radius 3 is 2.56 bits per heavy atom. The summed E-state index contributed by atoms with van der Waals surface area (Å²) in [4.78, 5) is 48.1. The molecule has 0 spiro atoms. The van der Waals surface area contributed by atoms with Crippen molar-refractivity contribution in [2.45, 2.75) is 107 Å². The summed E-state index contributed by atoms with van der Waals surface area (Å²) in [6.45, 7) is 7.85. The topological polar surface area (TPSA) is 202 Å². The molecule has 4 fully saturated rings. The van der Waals surface area contributed by atoms with Gasteiger partial charge in [0, 0.05) is 36.1 Å². The second kappa shape index (κ2) is 16.0. The van der Waals surface area contributed by atoms with Crippen LogP contribution < -0.4 is 30.8 Å².